The minimum absolute atomic E-state index is 0.0642. The Labute approximate surface area is 249 Å². The summed E-state index contributed by atoms with van der Waals surface area (Å²) in [5, 5.41) is 6.46. The first-order valence-electron chi connectivity index (χ1n) is 14.2. The van der Waals surface area contributed by atoms with Gasteiger partial charge in [0.25, 0.3) is 0 Å². The first-order valence-corrected chi connectivity index (χ1v) is 15.2. The molecule has 0 aliphatic carbocycles. The molecule has 3 atom stereocenters. The number of benzene rings is 3. The molecule has 0 saturated carbocycles. The maximum absolute atomic E-state index is 13.0. The molecule has 0 bridgehead atoms. The fraction of sp³-hybridized carbons (Fsp3) is 0.412. The predicted molar refractivity (Wildman–Crippen MR) is 168 cm³/mol. The Morgan fingerprint density at radius 1 is 0.829 bits per heavy atom. The van der Waals surface area contributed by atoms with E-state index in [1.807, 2.05) is 52.8 Å². The minimum atomic E-state index is -0.637. The van der Waals surface area contributed by atoms with Crippen LogP contribution in [0.4, 0.5) is 4.79 Å². The van der Waals surface area contributed by atoms with Crippen LogP contribution in [-0.4, -0.2) is 49.2 Å². The van der Waals surface area contributed by atoms with E-state index in [1.54, 1.807) is 11.8 Å². The van der Waals surface area contributed by atoms with Gasteiger partial charge in [0.1, 0.15) is 11.6 Å². The highest BCUT2D eigenvalue weighted by atomic mass is 32.2. The molecule has 3 aromatic carbocycles. The van der Waals surface area contributed by atoms with Crippen LogP contribution in [0.2, 0.25) is 0 Å². The lowest BCUT2D eigenvalue weighted by Crippen LogP contribution is -2.51. The number of carbonyl (C=O) groups is 2. The Morgan fingerprint density at radius 2 is 1.29 bits per heavy atom. The Balaban J connectivity index is 2.01. The van der Waals surface area contributed by atoms with E-state index >= 15 is 0 Å². The minimum Gasteiger partial charge on any atom is -0.468 e. The molecule has 7 heteroatoms. The van der Waals surface area contributed by atoms with Crippen LogP contribution in [0.15, 0.2) is 91.0 Å². The van der Waals surface area contributed by atoms with Crippen LogP contribution in [0.1, 0.15) is 57.7 Å². The third-order valence-corrected chi connectivity index (χ3v) is 8.72. The Bertz CT molecular complexity index is 1120. The van der Waals surface area contributed by atoms with E-state index in [-0.39, 0.29) is 17.9 Å². The van der Waals surface area contributed by atoms with Gasteiger partial charge in [-0.05, 0) is 43.4 Å². The van der Waals surface area contributed by atoms with Crippen molar-refractivity contribution in [2.75, 3.05) is 19.4 Å². The zero-order valence-corrected chi connectivity index (χ0v) is 25.9. The van der Waals surface area contributed by atoms with E-state index in [0.29, 0.717) is 12.3 Å². The number of rotatable bonds is 13. The highest BCUT2D eigenvalue weighted by Crippen LogP contribution is 2.48. The fourth-order valence-corrected chi connectivity index (χ4v) is 6.33. The van der Waals surface area contributed by atoms with E-state index in [9.17, 15) is 9.59 Å². The average molecular weight is 577 g/mol. The fourth-order valence-electron chi connectivity index (χ4n) is 4.77. The van der Waals surface area contributed by atoms with Crippen LogP contribution in [0.25, 0.3) is 0 Å². The molecule has 220 valence electrons. The average Bonchev–Trinajstić information content (AvgIpc) is 2.97. The number of amides is 1. The van der Waals surface area contributed by atoms with Gasteiger partial charge in [-0.3, -0.25) is 4.79 Å². The van der Waals surface area contributed by atoms with E-state index in [4.69, 9.17) is 9.47 Å². The first-order chi connectivity index (χ1) is 19.6. The molecule has 3 rings (SSSR count). The van der Waals surface area contributed by atoms with Gasteiger partial charge in [-0.25, -0.2) is 4.79 Å². The van der Waals surface area contributed by atoms with Gasteiger partial charge in [-0.1, -0.05) is 111 Å². The van der Waals surface area contributed by atoms with Crippen molar-refractivity contribution in [3.05, 3.63) is 108 Å². The smallest absolute Gasteiger partial charge is 0.407 e. The topological polar surface area (TPSA) is 76.7 Å². The van der Waals surface area contributed by atoms with Gasteiger partial charge in [0.2, 0.25) is 0 Å². The van der Waals surface area contributed by atoms with Gasteiger partial charge in [-0.15, -0.1) is 11.8 Å². The van der Waals surface area contributed by atoms with Crippen molar-refractivity contribution in [3.63, 3.8) is 0 Å². The summed E-state index contributed by atoms with van der Waals surface area (Å²) in [6, 6.07) is 30.5. The van der Waals surface area contributed by atoms with E-state index in [1.165, 1.54) is 7.11 Å². The molecular formula is C34H44N2O4S. The standard InChI is InChI=1S/C34H44N2O4S/c1-7-25(2)30(31(37)39-6)35-23-29(36-32(38)40-33(3,4)5)24-41-34(26-17-11-8-12-18-26,27-19-13-9-14-20-27)28-21-15-10-16-22-28/h8-22,25,29-30,35H,7,23-24H2,1-6H3,(H,36,38)/t25-,29?,30+/m0/s1. The molecular weight excluding hydrogens is 532 g/mol. The van der Waals surface area contributed by atoms with Gasteiger partial charge < -0.3 is 20.1 Å². The second kappa shape index (κ2) is 15.1. The maximum atomic E-state index is 13.0. The summed E-state index contributed by atoms with van der Waals surface area (Å²) in [5.74, 6) is 0.295. The molecule has 3 aromatic rings. The van der Waals surface area contributed by atoms with Gasteiger partial charge in [0.05, 0.1) is 17.9 Å². The van der Waals surface area contributed by atoms with Gasteiger partial charge in [0.15, 0.2) is 0 Å². The summed E-state index contributed by atoms with van der Waals surface area (Å²) in [5.41, 5.74) is 2.78. The highest BCUT2D eigenvalue weighted by Gasteiger charge is 2.38. The molecule has 1 unspecified atom stereocenters. The van der Waals surface area contributed by atoms with Crippen molar-refractivity contribution in [1.29, 1.82) is 0 Å². The third kappa shape index (κ3) is 8.85. The molecule has 6 nitrogen and oxygen atoms in total. The van der Waals surface area contributed by atoms with Crippen LogP contribution < -0.4 is 10.6 Å². The summed E-state index contributed by atoms with van der Waals surface area (Å²) in [7, 11) is 1.40. The summed E-state index contributed by atoms with van der Waals surface area (Å²) in [4.78, 5) is 25.6. The number of alkyl carbamates (subject to hydrolysis) is 1. The lowest BCUT2D eigenvalue weighted by molar-refractivity contribution is -0.144. The number of esters is 1. The summed E-state index contributed by atoms with van der Waals surface area (Å²) < 4.78 is 10.2. The second-order valence-corrected chi connectivity index (χ2v) is 12.5. The van der Waals surface area contributed by atoms with Gasteiger partial charge in [-0.2, -0.15) is 0 Å². The largest absolute Gasteiger partial charge is 0.468 e. The van der Waals surface area contributed by atoms with Crippen LogP contribution in [-0.2, 0) is 19.0 Å². The monoisotopic (exact) mass is 576 g/mol. The quantitative estimate of drug-likeness (QED) is 0.173. The normalized spacial score (nSPS) is 14.0. The van der Waals surface area contributed by atoms with Crippen molar-refractivity contribution < 1.29 is 19.1 Å². The number of ether oxygens (including phenoxy) is 2. The molecule has 0 saturated heterocycles. The van der Waals surface area contributed by atoms with E-state index in [2.05, 4.69) is 83.4 Å². The Hall–Kier alpha value is -3.29. The molecule has 41 heavy (non-hydrogen) atoms. The molecule has 0 heterocycles. The van der Waals surface area contributed by atoms with Crippen molar-refractivity contribution in [2.24, 2.45) is 5.92 Å². The van der Waals surface area contributed by atoms with Crippen LogP contribution in [0.5, 0.6) is 0 Å². The lowest BCUT2D eigenvalue weighted by atomic mass is 9.84. The molecule has 0 aliphatic rings. The molecule has 0 fully saturated rings. The van der Waals surface area contributed by atoms with E-state index < -0.39 is 22.5 Å². The first kappa shape index (κ1) is 32.2. The van der Waals surface area contributed by atoms with Crippen molar-refractivity contribution in [3.8, 4) is 0 Å². The Kier molecular flexibility index (Phi) is 11.9. The molecule has 0 aromatic heterocycles. The number of thioether (sulfide) groups is 1. The third-order valence-electron chi connectivity index (χ3n) is 7.02. The summed E-state index contributed by atoms with van der Waals surface area (Å²) in [6.07, 6.45) is 0.318. The van der Waals surface area contributed by atoms with Crippen molar-refractivity contribution >= 4 is 23.8 Å². The molecule has 0 spiro atoms. The maximum Gasteiger partial charge on any atom is 0.407 e. The zero-order valence-electron chi connectivity index (χ0n) is 25.1. The highest BCUT2D eigenvalue weighted by molar-refractivity contribution is 8.00. The second-order valence-electron chi connectivity index (χ2n) is 11.2. The number of carbonyl (C=O) groups excluding carboxylic acids is 2. The van der Waals surface area contributed by atoms with Crippen LogP contribution >= 0.6 is 11.8 Å². The lowest BCUT2D eigenvalue weighted by Gasteiger charge is -2.37. The number of hydrogen-bond donors (Lipinski definition) is 2. The zero-order chi connectivity index (χ0) is 29.9. The van der Waals surface area contributed by atoms with Crippen molar-refractivity contribution in [2.45, 2.75) is 63.5 Å². The van der Waals surface area contributed by atoms with Crippen LogP contribution in [0, 0.1) is 5.92 Å². The predicted octanol–water partition coefficient (Wildman–Crippen LogP) is 6.78. The summed E-state index contributed by atoms with van der Waals surface area (Å²) in [6.45, 7) is 9.96. The molecule has 0 radical (unpaired) electrons. The van der Waals surface area contributed by atoms with Crippen LogP contribution in [0.3, 0.4) is 0 Å². The van der Waals surface area contributed by atoms with Gasteiger partial charge in [0, 0.05) is 12.3 Å². The van der Waals surface area contributed by atoms with E-state index in [0.717, 1.165) is 23.1 Å². The number of hydrogen-bond acceptors (Lipinski definition) is 6. The number of nitrogens with one attached hydrogen (secondary N) is 2. The molecule has 2 N–H and O–H groups in total. The van der Waals surface area contributed by atoms with Gasteiger partial charge >= 0.3 is 12.1 Å². The molecule has 1 amide bonds. The number of methoxy groups -OCH3 is 1. The Morgan fingerprint density at radius 3 is 1.68 bits per heavy atom. The summed E-state index contributed by atoms with van der Waals surface area (Å²) >= 11 is 1.75. The van der Waals surface area contributed by atoms with Crippen molar-refractivity contribution in [1.82, 2.24) is 10.6 Å². The molecule has 0 aliphatic heterocycles. The SMILES string of the molecule is CC[C@H](C)[C@@H](NCC(CSC(c1ccccc1)(c1ccccc1)c1ccccc1)NC(=O)OC(C)(C)C)C(=O)OC.